The van der Waals surface area contributed by atoms with Gasteiger partial charge in [-0.25, -0.2) is 0 Å². The standard InChI is InChI=1S/C22H24N4O3/c1-14-19-18(29-21(14)22(27)24-11-17-5-3-9-28-17)7-6-16-13-26(25-20(16)19)12-15-4-2-8-23-10-15/h2,4,8,10,13,17H,3,5-7,9,11-12H2,1H3,(H,24,27)/t17-/m0/s1. The Kier molecular flexibility index (Phi) is 4.67. The first-order chi connectivity index (χ1) is 14.2. The molecule has 1 amide bonds. The van der Waals surface area contributed by atoms with Gasteiger partial charge in [-0.1, -0.05) is 6.07 Å². The fourth-order valence-electron chi connectivity index (χ4n) is 4.23. The smallest absolute Gasteiger partial charge is 0.287 e. The van der Waals surface area contributed by atoms with Gasteiger partial charge in [-0.2, -0.15) is 5.10 Å². The molecule has 1 N–H and O–H groups in total. The number of furan rings is 1. The molecule has 1 aliphatic carbocycles. The summed E-state index contributed by atoms with van der Waals surface area (Å²) in [6.45, 7) is 3.91. The number of aryl methyl sites for hydroxylation is 2. The van der Waals surface area contributed by atoms with Crippen molar-refractivity contribution in [2.75, 3.05) is 13.2 Å². The minimum Gasteiger partial charge on any atom is -0.455 e. The maximum atomic E-state index is 12.7. The zero-order chi connectivity index (χ0) is 19.8. The number of nitrogens with one attached hydrogen (secondary N) is 1. The third-order valence-electron chi connectivity index (χ3n) is 5.70. The Balaban J connectivity index is 1.38. The van der Waals surface area contributed by atoms with Gasteiger partial charge in [-0.15, -0.1) is 0 Å². The van der Waals surface area contributed by atoms with Crippen LogP contribution in [-0.2, 0) is 24.1 Å². The normalized spacial score (nSPS) is 17.8. The summed E-state index contributed by atoms with van der Waals surface area (Å²) in [5.74, 6) is 1.07. The van der Waals surface area contributed by atoms with Crippen LogP contribution in [0.25, 0.3) is 11.3 Å². The lowest BCUT2D eigenvalue weighted by atomic mass is 9.93. The number of fused-ring (bicyclic) bond motifs is 3. The molecule has 1 aliphatic heterocycles. The molecular weight excluding hydrogens is 368 g/mol. The van der Waals surface area contributed by atoms with Crippen LogP contribution in [0.15, 0.2) is 35.1 Å². The molecular formula is C22H24N4O3. The quantitative estimate of drug-likeness (QED) is 0.722. The van der Waals surface area contributed by atoms with E-state index in [9.17, 15) is 4.79 Å². The van der Waals surface area contributed by atoms with Gasteiger partial charge in [0.2, 0.25) is 0 Å². The SMILES string of the molecule is Cc1c(C(=O)NC[C@@H]2CCCO2)oc2c1-c1nn(Cc3cccnc3)cc1CC2. The highest BCUT2D eigenvalue weighted by molar-refractivity contribution is 5.95. The fraction of sp³-hybridized carbons (Fsp3) is 0.409. The lowest BCUT2D eigenvalue weighted by Crippen LogP contribution is -2.31. The third-order valence-corrected chi connectivity index (χ3v) is 5.70. The molecule has 0 saturated carbocycles. The zero-order valence-electron chi connectivity index (χ0n) is 16.5. The Morgan fingerprint density at radius 1 is 1.38 bits per heavy atom. The molecule has 3 aromatic heterocycles. The van der Waals surface area contributed by atoms with E-state index < -0.39 is 0 Å². The van der Waals surface area contributed by atoms with Crippen molar-refractivity contribution in [3.8, 4) is 11.3 Å². The number of aromatic nitrogens is 3. The van der Waals surface area contributed by atoms with E-state index >= 15 is 0 Å². The van der Waals surface area contributed by atoms with Gasteiger partial charge in [0, 0.05) is 49.3 Å². The van der Waals surface area contributed by atoms with Crippen LogP contribution < -0.4 is 5.32 Å². The van der Waals surface area contributed by atoms with E-state index in [-0.39, 0.29) is 12.0 Å². The van der Waals surface area contributed by atoms with E-state index in [0.717, 1.165) is 60.4 Å². The summed E-state index contributed by atoms with van der Waals surface area (Å²) >= 11 is 0. The van der Waals surface area contributed by atoms with Crippen molar-refractivity contribution in [1.29, 1.82) is 0 Å². The third kappa shape index (κ3) is 3.46. The summed E-state index contributed by atoms with van der Waals surface area (Å²) in [4.78, 5) is 16.9. The lowest BCUT2D eigenvalue weighted by molar-refractivity contribution is 0.0833. The van der Waals surface area contributed by atoms with Crippen LogP contribution >= 0.6 is 0 Å². The number of amides is 1. The predicted molar refractivity (Wildman–Crippen MR) is 107 cm³/mol. The van der Waals surface area contributed by atoms with Crippen LogP contribution in [0, 0.1) is 6.92 Å². The van der Waals surface area contributed by atoms with Crippen LogP contribution in [-0.4, -0.2) is 39.9 Å². The van der Waals surface area contributed by atoms with E-state index in [4.69, 9.17) is 14.3 Å². The Labute approximate surface area is 169 Å². The predicted octanol–water partition coefficient (Wildman–Crippen LogP) is 2.90. The molecule has 0 aromatic carbocycles. The van der Waals surface area contributed by atoms with Crippen molar-refractivity contribution >= 4 is 5.91 Å². The molecule has 29 heavy (non-hydrogen) atoms. The van der Waals surface area contributed by atoms with Crippen molar-refractivity contribution in [2.24, 2.45) is 0 Å². The summed E-state index contributed by atoms with van der Waals surface area (Å²) in [5, 5.41) is 7.77. The first kappa shape index (κ1) is 18.1. The number of carbonyl (C=O) groups is 1. The summed E-state index contributed by atoms with van der Waals surface area (Å²) in [5.41, 5.74) is 5.05. The van der Waals surface area contributed by atoms with E-state index in [1.54, 1.807) is 6.20 Å². The van der Waals surface area contributed by atoms with Crippen molar-refractivity contribution in [2.45, 2.75) is 45.3 Å². The second kappa shape index (κ2) is 7.48. The Morgan fingerprint density at radius 2 is 2.31 bits per heavy atom. The van der Waals surface area contributed by atoms with Crippen LogP contribution in [0.1, 0.15) is 45.8 Å². The first-order valence-corrected chi connectivity index (χ1v) is 10.2. The Hall–Kier alpha value is -2.93. The largest absolute Gasteiger partial charge is 0.455 e. The second-order valence-electron chi connectivity index (χ2n) is 7.76. The minimum absolute atomic E-state index is 0.110. The topological polar surface area (TPSA) is 82.2 Å². The fourth-order valence-corrected chi connectivity index (χ4v) is 4.23. The lowest BCUT2D eigenvalue weighted by Gasteiger charge is -2.10. The second-order valence-corrected chi connectivity index (χ2v) is 7.76. The van der Waals surface area contributed by atoms with Gasteiger partial charge in [0.15, 0.2) is 5.76 Å². The summed E-state index contributed by atoms with van der Waals surface area (Å²) in [6.07, 6.45) is 9.51. The molecule has 150 valence electrons. The van der Waals surface area contributed by atoms with Gasteiger partial charge in [0.25, 0.3) is 5.91 Å². The average Bonchev–Trinajstić information content (AvgIpc) is 3.45. The van der Waals surface area contributed by atoms with Gasteiger partial charge < -0.3 is 14.5 Å². The molecule has 0 spiro atoms. The molecule has 1 fully saturated rings. The van der Waals surface area contributed by atoms with Crippen molar-refractivity contribution in [3.63, 3.8) is 0 Å². The number of rotatable bonds is 5. The van der Waals surface area contributed by atoms with Crippen molar-refractivity contribution in [1.82, 2.24) is 20.1 Å². The monoisotopic (exact) mass is 392 g/mol. The summed E-state index contributed by atoms with van der Waals surface area (Å²) in [6, 6.07) is 3.97. The highest BCUT2D eigenvalue weighted by Crippen LogP contribution is 2.38. The average molecular weight is 392 g/mol. The summed E-state index contributed by atoms with van der Waals surface area (Å²) < 4.78 is 13.5. The molecule has 0 unspecified atom stereocenters. The maximum Gasteiger partial charge on any atom is 0.287 e. The van der Waals surface area contributed by atoms with E-state index in [0.29, 0.717) is 18.8 Å². The molecule has 1 atom stereocenters. The Bertz CT molecular complexity index is 1030. The molecule has 7 nitrogen and oxygen atoms in total. The van der Waals surface area contributed by atoms with Gasteiger partial charge in [0.05, 0.1) is 18.3 Å². The molecule has 2 aliphatic rings. The van der Waals surface area contributed by atoms with Crippen LogP contribution in [0.2, 0.25) is 0 Å². The number of ether oxygens (including phenoxy) is 1. The van der Waals surface area contributed by atoms with Gasteiger partial charge in [0.1, 0.15) is 5.76 Å². The molecule has 7 heteroatoms. The molecule has 0 radical (unpaired) electrons. The molecule has 1 saturated heterocycles. The minimum atomic E-state index is -0.177. The van der Waals surface area contributed by atoms with Gasteiger partial charge in [-0.05, 0) is 43.4 Å². The number of hydrogen-bond donors (Lipinski definition) is 1. The van der Waals surface area contributed by atoms with Gasteiger partial charge in [-0.3, -0.25) is 14.5 Å². The number of nitrogens with zero attached hydrogens (tertiary/aromatic N) is 3. The van der Waals surface area contributed by atoms with E-state index in [2.05, 4.69) is 16.5 Å². The first-order valence-electron chi connectivity index (χ1n) is 10.2. The number of pyridine rings is 1. The molecule has 4 heterocycles. The highest BCUT2D eigenvalue weighted by Gasteiger charge is 2.30. The van der Waals surface area contributed by atoms with Crippen LogP contribution in [0.3, 0.4) is 0 Å². The van der Waals surface area contributed by atoms with E-state index in [1.165, 1.54) is 5.56 Å². The zero-order valence-corrected chi connectivity index (χ0v) is 16.5. The number of hydrogen-bond acceptors (Lipinski definition) is 5. The van der Waals surface area contributed by atoms with Crippen LogP contribution in [0.5, 0.6) is 0 Å². The number of carbonyl (C=O) groups excluding carboxylic acids is 1. The molecule has 3 aromatic rings. The Morgan fingerprint density at radius 3 is 3.10 bits per heavy atom. The maximum absolute atomic E-state index is 12.7. The van der Waals surface area contributed by atoms with Gasteiger partial charge >= 0.3 is 0 Å². The van der Waals surface area contributed by atoms with Crippen molar-refractivity contribution < 1.29 is 13.9 Å². The van der Waals surface area contributed by atoms with Crippen molar-refractivity contribution in [3.05, 3.63) is 58.9 Å². The van der Waals surface area contributed by atoms with E-state index in [1.807, 2.05) is 29.9 Å². The molecule has 0 bridgehead atoms. The molecule has 5 rings (SSSR count). The highest BCUT2D eigenvalue weighted by atomic mass is 16.5. The van der Waals surface area contributed by atoms with Crippen LogP contribution in [0.4, 0.5) is 0 Å². The summed E-state index contributed by atoms with van der Waals surface area (Å²) in [7, 11) is 0.